The summed E-state index contributed by atoms with van der Waals surface area (Å²) in [5.41, 5.74) is 1.22. The van der Waals surface area contributed by atoms with Crippen LogP contribution in [0.1, 0.15) is 31.9 Å². The Bertz CT molecular complexity index is 1130. The number of nitrogens with zero attached hydrogens (tertiary/aromatic N) is 1. The molecule has 0 unspecified atom stereocenters. The molecule has 1 N–H and O–H groups in total. The van der Waals surface area contributed by atoms with Crippen LogP contribution < -0.4 is 10.1 Å². The number of amides is 2. The predicted octanol–water partition coefficient (Wildman–Crippen LogP) is 5.41. The third-order valence-electron chi connectivity index (χ3n) is 5.19. The van der Waals surface area contributed by atoms with Crippen LogP contribution in [0.3, 0.4) is 0 Å². The highest BCUT2D eigenvalue weighted by Gasteiger charge is 2.32. The second-order valence-corrected chi connectivity index (χ2v) is 9.78. The topological polar surface area (TPSA) is 58.6 Å². The van der Waals surface area contributed by atoms with Gasteiger partial charge in [0, 0.05) is 23.5 Å². The number of nitrogens with one attached hydrogen (secondary N) is 1. The molecule has 0 radical (unpaired) electrons. The summed E-state index contributed by atoms with van der Waals surface area (Å²) in [6.07, 6.45) is 0.325. The van der Waals surface area contributed by atoms with E-state index in [0.29, 0.717) is 17.2 Å². The van der Waals surface area contributed by atoms with Gasteiger partial charge in [-0.3, -0.25) is 9.59 Å². The van der Waals surface area contributed by atoms with Crippen molar-refractivity contribution in [2.75, 3.05) is 6.61 Å². The molecule has 5 nitrogen and oxygen atoms in total. The number of carbonyl (C=O) groups is 2. The minimum Gasteiger partial charge on any atom is -0.484 e. The van der Waals surface area contributed by atoms with Crippen LogP contribution in [0.25, 0.3) is 0 Å². The smallest absolute Gasteiger partial charge is 0.261 e. The monoisotopic (exact) mass is 496 g/mol. The normalized spacial score (nSPS) is 12.0. The molecule has 1 atom stereocenters. The van der Waals surface area contributed by atoms with Crippen molar-refractivity contribution >= 4 is 23.4 Å². The van der Waals surface area contributed by atoms with Crippen LogP contribution in [0, 0.1) is 5.82 Å². The van der Waals surface area contributed by atoms with E-state index >= 15 is 0 Å². The maximum atomic E-state index is 13.5. The number of hydrogen-bond acceptors (Lipinski definition) is 3. The van der Waals surface area contributed by atoms with E-state index in [2.05, 4.69) is 5.32 Å². The maximum Gasteiger partial charge on any atom is 0.261 e. The zero-order valence-corrected chi connectivity index (χ0v) is 20.9. The molecule has 35 heavy (non-hydrogen) atoms. The Balaban J connectivity index is 1.92. The Labute approximate surface area is 210 Å². The fourth-order valence-electron chi connectivity index (χ4n) is 3.60. The summed E-state index contributed by atoms with van der Waals surface area (Å²) >= 11 is 6.18. The van der Waals surface area contributed by atoms with Crippen LogP contribution in [0.5, 0.6) is 5.75 Å². The van der Waals surface area contributed by atoms with Crippen molar-refractivity contribution in [3.05, 3.63) is 101 Å². The van der Waals surface area contributed by atoms with Crippen molar-refractivity contribution < 1.29 is 18.7 Å². The molecule has 0 aromatic heterocycles. The first kappa shape index (κ1) is 26.2. The summed E-state index contributed by atoms with van der Waals surface area (Å²) in [4.78, 5) is 28.5. The highest BCUT2D eigenvalue weighted by atomic mass is 35.5. The molecule has 3 aromatic carbocycles. The van der Waals surface area contributed by atoms with Gasteiger partial charge in [0.15, 0.2) is 6.61 Å². The molecular weight excluding hydrogens is 467 g/mol. The van der Waals surface area contributed by atoms with E-state index in [4.69, 9.17) is 16.3 Å². The van der Waals surface area contributed by atoms with E-state index in [1.807, 2.05) is 57.2 Å². The molecule has 0 heterocycles. The van der Waals surface area contributed by atoms with Gasteiger partial charge in [0.1, 0.15) is 17.6 Å². The highest BCUT2D eigenvalue weighted by Crippen LogP contribution is 2.19. The van der Waals surface area contributed by atoms with Crippen LogP contribution in [-0.2, 0) is 22.6 Å². The molecule has 0 aliphatic rings. The lowest BCUT2D eigenvalue weighted by Crippen LogP contribution is -2.55. The van der Waals surface area contributed by atoms with E-state index in [1.54, 1.807) is 18.2 Å². The van der Waals surface area contributed by atoms with Crippen molar-refractivity contribution in [3.63, 3.8) is 0 Å². The summed E-state index contributed by atoms with van der Waals surface area (Å²) in [5, 5.41) is 3.55. The minimum absolute atomic E-state index is 0.168. The van der Waals surface area contributed by atoms with Gasteiger partial charge in [0.05, 0.1) is 0 Å². The van der Waals surface area contributed by atoms with E-state index in [1.165, 1.54) is 29.2 Å². The van der Waals surface area contributed by atoms with Gasteiger partial charge in [0.2, 0.25) is 5.91 Å². The molecule has 0 saturated heterocycles. The van der Waals surface area contributed by atoms with E-state index in [9.17, 15) is 14.0 Å². The molecule has 184 valence electrons. The van der Waals surface area contributed by atoms with Gasteiger partial charge < -0.3 is 15.0 Å². The summed E-state index contributed by atoms with van der Waals surface area (Å²) in [6, 6.07) is 21.4. The number of carbonyl (C=O) groups excluding carboxylic acids is 2. The number of halogens is 2. The van der Waals surface area contributed by atoms with Gasteiger partial charge in [-0.15, -0.1) is 0 Å². The lowest BCUT2D eigenvalue weighted by molar-refractivity contribution is -0.143. The van der Waals surface area contributed by atoms with Crippen LogP contribution in [0.15, 0.2) is 78.9 Å². The molecule has 0 aliphatic heterocycles. The molecule has 0 spiro atoms. The van der Waals surface area contributed by atoms with Crippen molar-refractivity contribution in [1.82, 2.24) is 10.2 Å². The van der Waals surface area contributed by atoms with Gasteiger partial charge >= 0.3 is 0 Å². The predicted molar refractivity (Wildman–Crippen MR) is 136 cm³/mol. The first-order chi connectivity index (χ1) is 16.6. The minimum atomic E-state index is -0.792. The molecular formula is C28H30ClFN2O3. The largest absolute Gasteiger partial charge is 0.484 e. The summed E-state index contributed by atoms with van der Waals surface area (Å²) in [6.45, 7) is 5.54. The lowest BCUT2D eigenvalue weighted by Gasteiger charge is -2.33. The van der Waals surface area contributed by atoms with Gasteiger partial charge in [-0.1, -0.05) is 54.1 Å². The number of ether oxygens (including phenoxy) is 1. The Morgan fingerprint density at radius 3 is 2.26 bits per heavy atom. The van der Waals surface area contributed by atoms with Crippen molar-refractivity contribution in [3.8, 4) is 5.75 Å². The van der Waals surface area contributed by atoms with Crippen LogP contribution in [-0.4, -0.2) is 34.9 Å². The Morgan fingerprint density at radius 1 is 0.971 bits per heavy atom. The highest BCUT2D eigenvalue weighted by molar-refractivity contribution is 6.30. The van der Waals surface area contributed by atoms with Crippen molar-refractivity contribution in [2.24, 2.45) is 0 Å². The molecule has 7 heteroatoms. The van der Waals surface area contributed by atoms with E-state index in [-0.39, 0.29) is 25.0 Å². The fourth-order valence-corrected chi connectivity index (χ4v) is 3.81. The Morgan fingerprint density at radius 2 is 1.63 bits per heavy atom. The average molecular weight is 497 g/mol. The van der Waals surface area contributed by atoms with E-state index in [0.717, 1.165) is 11.1 Å². The number of benzene rings is 3. The molecule has 3 rings (SSSR count). The lowest BCUT2D eigenvalue weighted by atomic mass is 10.0. The van der Waals surface area contributed by atoms with Gasteiger partial charge in [-0.05, 0) is 68.3 Å². The maximum absolute atomic E-state index is 13.5. The zero-order valence-electron chi connectivity index (χ0n) is 20.1. The Kier molecular flexibility index (Phi) is 8.88. The number of rotatable bonds is 9. The summed E-state index contributed by atoms with van der Waals surface area (Å²) < 4.78 is 18.9. The van der Waals surface area contributed by atoms with Crippen molar-refractivity contribution in [2.45, 2.75) is 45.3 Å². The first-order valence-electron chi connectivity index (χ1n) is 11.4. The molecule has 2 amide bonds. The first-order valence-corrected chi connectivity index (χ1v) is 11.8. The third kappa shape index (κ3) is 8.41. The fraction of sp³-hybridized carbons (Fsp3) is 0.286. The summed E-state index contributed by atoms with van der Waals surface area (Å²) in [7, 11) is 0. The number of hydrogen-bond donors (Lipinski definition) is 1. The molecule has 3 aromatic rings. The van der Waals surface area contributed by atoms with Crippen molar-refractivity contribution in [1.29, 1.82) is 0 Å². The van der Waals surface area contributed by atoms with Crippen LogP contribution in [0.2, 0.25) is 5.02 Å². The standard InChI is InChI=1S/C28H30ClFN2O3/c1-28(2,3)31-27(34)25(17-20-8-5-4-6-9-20)32(18-21-10-7-11-22(29)16-21)26(33)19-35-24-14-12-23(30)13-15-24/h4-16,25H,17-19H2,1-3H3,(H,31,34)/t25-/m1/s1. The molecule has 0 aliphatic carbocycles. The molecule has 0 bridgehead atoms. The SMILES string of the molecule is CC(C)(C)NC(=O)[C@@H](Cc1ccccc1)N(Cc1cccc(Cl)c1)C(=O)COc1ccc(F)cc1. The van der Waals surface area contributed by atoms with Gasteiger partial charge in [-0.2, -0.15) is 0 Å². The zero-order chi connectivity index (χ0) is 25.4. The van der Waals surface area contributed by atoms with Gasteiger partial charge in [-0.25, -0.2) is 4.39 Å². The molecule has 0 fully saturated rings. The van der Waals surface area contributed by atoms with Crippen LogP contribution >= 0.6 is 11.6 Å². The Hall–Kier alpha value is -3.38. The summed E-state index contributed by atoms with van der Waals surface area (Å²) in [5.74, 6) is -0.674. The second-order valence-electron chi connectivity index (χ2n) is 9.34. The quantitative estimate of drug-likeness (QED) is 0.430. The van der Waals surface area contributed by atoms with E-state index < -0.39 is 17.4 Å². The van der Waals surface area contributed by atoms with Crippen LogP contribution in [0.4, 0.5) is 4.39 Å². The van der Waals surface area contributed by atoms with Gasteiger partial charge in [0.25, 0.3) is 5.91 Å². The second kappa shape index (κ2) is 11.8. The third-order valence-corrected chi connectivity index (χ3v) is 5.42. The average Bonchev–Trinajstić information content (AvgIpc) is 2.80. The molecule has 0 saturated carbocycles.